The van der Waals surface area contributed by atoms with Gasteiger partial charge in [0.25, 0.3) is 0 Å². The summed E-state index contributed by atoms with van der Waals surface area (Å²) in [5.74, 6) is -1.11. The van der Waals surface area contributed by atoms with Gasteiger partial charge in [0, 0.05) is 11.6 Å². The third kappa shape index (κ3) is 5.54. The number of benzene rings is 2. The molecule has 1 amide bonds. The van der Waals surface area contributed by atoms with Crippen LogP contribution in [0.5, 0.6) is 0 Å². The molecule has 154 valence electrons. The van der Waals surface area contributed by atoms with Crippen molar-refractivity contribution in [2.75, 3.05) is 37.8 Å². The molecule has 0 aliphatic rings. The highest BCUT2D eigenvalue weighted by Gasteiger charge is 2.26. The minimum atomic E-state index is -3.78. The Balaban J connectivity index is 1.86. The Morgan fingerprint density at radius 1 is 1.07 bits per heavy atom. The van der Waals surface area contributed by atoms with Gasteiger partial charge in [-0.05, 0) is 63.5 Å². The van der Waals surface area contributed by atoms with E-state index in [4.69, 9.17) is 11.6 Å². The lowest BCUT2D eigenvalue weighted by Crippen LogP contribution is -2.37. The molecule has 2 aromatic carbocycles. The van der Waals surface area contributed by atoms with Crippen molar-refractivity contribution in [3.8, 4) is 0 Å². The molecule has 1 aromatic heterocycles. The second-order valence-corrected chi connectivity index (χ2v) is 10.3. The van der Waals surface area contributed by atoms with E-state index in [0.29, 0.717) is 23.1 Å². The van der Waals surface area contributed by atoms with Crippen LogP contribution in [0.4, 0.5) is 5.13 Å². The van der Waals surface area contributed by atoms with E-state index in [2.05, 4.69) is 4.98 Å². The zero-order valence-corrected chi connectivity index (χ0v) is 18.6. The lowest BCUT2D eigenvalue weighted by molar-refractivity contribution is -0.116. The number of hydrogen-bond acceptors (Lipinski definition) is 6. The van der Waals surface area contributed by atoms with E-state index in [-0.39, 0.29) is 4.90 Å². The smallest absolute Gasteiger partial charge is 0.244 e. The number of anilines is 1. The molecule has 0 saturated carbocycles. The molecule has 0 saturated heterocycles. The van der Waals surface area contributed by atoms with Crippen molar-refractivity contribution in [2.24, 2.45) is 0 Å². The van der Waals surface area contributed by atoms with Crippen LogP contribution in [0.1, 0.15) is 6.42 Å². The van der Waals surface area contributed by atoms with Crippen molar-refractivity contribution in [1.82, 2.24) is 9.88 Å². The Kier molecular flexibility index (Phi) is 6.89. The van der Waals surface area contributed by atoms with Crippen LogP contribution >= 0.6 is 22.9 Å². The molecule has 0 atom stereocenters. The Hall–Kier alpha value is -2.00. The van der Waals surface area contributed by atoms with Crippen molar-refractivity contribution in [3.63, 3.8) is 0 Å². The van der Waals surface area contributed by atoms with Crippen molar-refractivity contribution >= 4 is 54.0 Å². The minimum absolute atomic E-state index is 0.0767. The average molecular weight is 452 g/mol. The molecule has 0 aliphatic carbocycles. The maximum absolute atomic E-state index is 13.0. The molecule has 1 heterocycles. The normalized spacial score (nSPS) is 11.9. The lowest BCUT2D eigenvalue weighted by Gasteiger charge is -2.21. The Morgan fingerprint density at radius 2 is 1.76 bits per heavy atom. The first kappa shape index (κ1) is 21.7. The van der Waals surface area contributed by atoms with Crippen LogP contribution in [0.15, 0.2) is 53.4 Å². The molecule has 29 heavy (non-hydrogen) atoms. The van der Waals surface area contributed by atoms with E-state index in [1.54, 1.807) is 0 Å². The van der Waals surface area contributed by atoms with Gasteiger partial charge >= 0.3 is 0 Å². The van der Waals surface area contributed by atoms with Gasteiger partial charge < -0.3 is 4.90 Å². The van der Waals surface area contributed by atoms with Crippen LogP contribution in [-0.4, -0.2) is 57.1 Å². The van der Waals surface area contributed by atoms with Crippen LogP contribution in [0.3, 0.4) is 0 Å². The van der Waals surface area contributed by atoms with Gasteiger partial charge in [-0.3, -0.25) is 9.69 Å². The molecule has 0 fully saturated rings. The number of halogens is 1. The fourth-order valence-corrected chi connectivity index (χ4v) is 5.15. The number of hydrogen-bond donors (Lipinski definition) is 0. The predicted molar refractivity (Wildman–Crippen MR) is 119 cm³/mol. The standard InChI is InChI=1S/C20H22ClN3O3S2/c1-23(2)12-5-13-24(20-22-17-6-3-4-7-18(17)28-20)19(25)14-29(26,27)16-10-8-15(21)9-11-16/h3-4,6-11H,5,12-14H2,1-2H3. The fourth-order valence-electron chi connectivity index (χ4n) is 2.81. The summed E-state index contributed by atoms with van der Waals surface area (Å²) >= 11 is 7.22. The van der Waals surface area contributed by atoms with Crippen LogP contribution < -0.4 is 4.90 Å². The SMILES string of the molecule is CN(C)CCCN(C(=O)CS(=O)(=O)c1ccc(Cl)cc1)c1nc2ccccc2s1. The highest BCUT2D eigenvalue weighted by atomic mass is 35.5. The molecular formula is C20H22ClN3O3S2. The number of nitrogens with zero attached hydrogens (tertiary/aromatic N) is 3. The van der Waals surface area contributed by atoms with Gasteiger partial charge in [0.2, 0.25) is 5.91 Å². The molecular weight excluding hydrogens is 430 g/mol. The fraction of sp³-hybridized carbons (Fsp3) is 0.300. The summed E-state index contributed by atoms with van der Waals surface area (Å²) in [5, 5.41) is 0.955. The first-order valence-electron chi connectivity index (χ1n) is 9.05. The summed E-state index contributed by atoms with van der Waals surface area (Å²) in [6, 6.07) is 13.4. The number of para-hydroxylation sites is 1. The first-order valence-corrected chi connectivity index (χ1v) is 11.9. The van der Waals surface area contributed by atoms with E-state index in [1.165, 1.54) is 40.5 Å². The van der Waals surface area contributed by atoms with Crippen molar-refractivity contribution in [1.29, 1.82) is 0 Å². The van der Waals surface area contributed by atoms with Crippen molar-refractivity contribution < 1.29 is 13.2 Å². The quantitative estimate of drug-likeness (QED) is 0.522. The molecule has 3 rings (SSSR count). The predicted octanol–water partition coefficient (Wildman–Crippen LogP) is 3.71. The molecule has 9 heteroatoms. The molecule has 0 N–H and O–H groups in total. The number of amides is 1. The Labute approximate surface area is 179 Å². The average Bonchev–Trinajstić information content (AvgIpc) is 3.08. The number of carbonyl (C=O) groups excluding carboxylic acids is 1. The topological polar surface area (TPSA) is 70.6 Å². The van der Waals surface area contributed by atoms with Gasteiger partial charge in [0.15, 0.2) is 15.0 Å². The summed E-state index contributed by atoms with van der Waals surface area (Å²) in [5.41, 5.74) is 0.790. The lowest BCUT2D eigenvalue weighted by atomic mass is 10.3. The summed E-state index contributed by atoms with van der Waals surface area (Å²) in [6.45, 7) is 1.17. The molecule has 3 aromatic rings. The highest BCUT2D eigenvalue weighted by Crippen LogP contribution is 2.29. The molecule has 0 bridgehead atoms. The van der Waals surface area contributed by atoms with Gasteiger partial charge in [0.05, 0.1) is 15.1 Å². The van der Waals surface area contributed by atoms with Crippen LogP contribution in [0, 0.1) is 0 Å². The van der Waals surface area contributed by atoms with E-state index in [1.807, 2.05) is 43.3 Å². The summed E-state index contributed by atoms with van der Waals surface area (Å²) in [4.78, 5) is 21.2. The van der Waals surface area contributed by atoms with E-state index in [9.17, 15) is 13.2 Å². The van der Waals surface area contributed by atoms with Crippen LogP contribution in [-0.2, 0) is 14.6 Å². The molecule has 0 spiro atoms. The third-order valence-corrected chi connectivity index (χ3v) is 7.22. The molecule has 0 unspecified atom stereocenters. The molecule has 6 nitrogen and oxygen atoms in total. The van der Waals surface area contributed by atoms with Crippen molar-refractivity contribution in [3.05, 3.63) is 53.6 Å². The number of fused-ring (bicyclic) bond motifs is 1. The Morgan fingerprint density at radius 3 is 2.41 bits per heavy atom. The van der Waals surface area contributed by atoms with Gasteiger partial charge in [0.1, 0.15) is 5.75 Å². The first-order chi connectivity index (χ1) is 13.8. The maximum atomic E-state index is 13.0. The molecule has 0 aliphatic heterocycles. The van der Waals surface area contributed by atoms with E-state index in [0.717, 1.165) is 16.8 Å². The maximum Gasteiger partial charge on any atom is 0.244 e. The zero-order chi connectivity index (χ0) is 21.0. The number of aromatic nitrogens is 1. The van der Waals surface area contributed by atoms with E-state index < -0.39 is 21.5 Å². The molecule has 0 radical (unpaired) electrons. The number of carbonyl (C=O) groups is 1. The highest BCUT2D eigenvalue weighted by molar-refractivity contribution is 7.92. The van der Waals surface area contributed by atoms with Gasteiger partial charge in [-0.2, -0.15) is 0 Å². The summed E-state index contributed by atoms with van der Waals surface area (Å²) < 4.78 is 26.4. The number of thiazole rings is 1. The summed E-state index contributed by atoms with van der Waals surface area (Å²) in [6.07, 6.45) is 0.704. The van der Waals surface area contributed by atoms with E-state index >= 15 is 0 Å². The second-order valence-electron chi connectivity index (χ2n) is 6.88. The number of rotatable bonds is 8. The van der Waals surface area contributed by atoms with Crippen LogP contribution in [0.25, 0.3) is 10.2 Å². The Bertz CT molecular complexity index is 1060. The van der Waals surface area contributed by atoms with Crippen LogP contribution in [0.2, 0.25) is 5.02 Å². The third-order valence-electron chi connectivity index (χ3n) is 4.29. The largest absolute Gasteiger partial charge is 0.309 e. The number of sulfone groups is 1. The monoisotopic (exact) mass is 451 g/mol. The van der Waals surface area contributed by atoms with Crippen molar-refractivity contribution in [2.45, 2.75) is 11.3 Å². The minimum Gasteiger partial charge on any atom is -0.309 e. The second kappa shape index (κ2) is 9.21. The van der Waals surface area contributed by atoms with Gasteiger partial charge in [-0.15, -0.1) is 0 Å². The summed E-state index contributed by atoms with van der Waals surface area (Å²) in [7, 11) is 0.122. The van der Waals surface area contributed by atoms with Gasteiger partial charge in [-0.1, -0.05) is 35.1 Å². The zero-order valence-electron chi connectivity index (χ0n) is 16.2. The van der Waals surface area contributed by atoms with Gasteiger partial charge in [-0.25, -0.2) is 13.4 Å².